The molecule has 0 bridgehead atoms. The molecule has 0 atom stereocenters. The minimum Gasteiger partial charge on any atom is -0.507 e. The standard InChI is InChI=1S/C11H14O3/c1-4-8-5-9(7(2)12)10(13)6-11(8)14-3/h5-6,13H,4H2,1-3H3. The lowest BCUT2D eigenvalue weighted by molar-refractivity contribution is 0.101. The number of carbonyl (C=O) groups is 1. The summed E-state index contributed by atoms with van der Waals surface area (Å²) in [6, 6.07) is 3.16. The Balaban J connectivity index is 3.30. The Hall–Kier alpha value is -1.51. The van der Waals surface area contributed by atoms with Gasteiger partial charge in [-0.25, -0.2) is 0 Å². The third-order valence-electron chi connectivity index (χ3n) is 2.16. The van der Waals surface area contributed by atoms with Crippen molar-refractivity contribution < 1.29 is 14.6 Å². The van der Waals surface area contributed by atoms with Crippen molar-refractivity contribution in [1.29, 1.82) is 0 Å². The van der Waals surface area contributed by atoms with Gasteiger partial charge in [-0.1, -0.05) is 6.92 Å². The molecule has 1 aromatic rings. The van der Waals surface area contributed by atoms with Gasteiger partial charge >= 0.3 is 0 Å². The Morgan fingerprint density at radius 3 is 2.57 bits per heavy atom. The molecule has 0 heterocycles. The minimum absolute atomic E-state index is 0.0217. The van der Waals surface area contributed by atoms with Crippen molar-refractivity contribution in [2.24, 2.45) is 0 Å². The van der Waals surface area contributed by atoms with E-state index < -0.39 is 0 Å². The zero-order chi connectivity index (χ0) is 10.7. The molecular weight excluding hydrogens is 180 g/mol. The molecule has 0 saturated carbocycles. The smallest absolute Gasteiger partial charge is 0.163 e. The van der Waals surface area contributed by atoms with Gasteiger partial charge in [-0.2, -0.15) is 0 Å². The number of ketones is 1. The Bertz CT molecular complexity index is 356. The van der Waals surface area contributed by atoms with Crippen LogP contribution in [-0.2, 0) is 6.42 Å². The molecule has 1 aromatic carbocycles. The Kier molecular flexibility index (Phi) is 3.12. The van der Waals surface area contributed by atoms with Gasteiger partial charge in [0, 0.05) is 6.07 Å². The Morgan fingerprint density at radius 1 is 1.50 bits per heavy atom. The van der Waals surface area contributed by atoms with E-state index in [9.17, 15) is 9.90 Å². The summed E-state index contributed by atoms with van der Waals surface area (Å²) < 4.78 is 5.08. The maximum absolute atomic E-state index is 11.1. The number of rotatable bonds is 3. The number of carbonyl (C=O) groups excluding carboxylic acids is 1. The fraction of sp³-hybridized carbons (Fsp3) is 0.364. The van der Waals surface area contributed by atoms with Crippen LogP contribution in [0.5, 0.6) is 11.5 Å². The summed E-state index contributed by atoms with van der Waals surface area (Å²) in [7, 11) is 1.54. The van der Waals surface area contributed by atoms with Crippen LogP contribution in [0.4, 0.5) is 0 Å². The average molecular weight is 194 g/mol. The van der Waals surface area contributed by atoms with Crippen molar-refractivity contribution in [1.82, 2.24) is 0 Å². The first-order valence-electron chi connectivity index (χ1n) is 4.51. The van der Waals surface area contributed by atoms with Crippen LogP contribution in [0.1, 0.15) is 29.8 Å². The number of ether oxygens (including phenoxy) is 1. The van der Waals surface area contributed by atoms with Crippen LogP contribution in [0.25, 0.3) is 0 Å². The van der Waals surface area contributed by atoms with Crippen LogP contribution in [0.3, 0.4) is 0 Å². The molecule has 0 aliphatic rings. The average Bonchev–Trinajstić information content (AvgIpc) is 2.16. The van der Waals surface area contributed by atoms with Crippen molar-refractivity contribution >= 4 is 5.78 Å². The maximum atomic E-state index is 11.1. The first-order chi connectivity index (χ1) is 6.60. The van der Waals surface area contributed by atoms with Crippen LogP contribution in [-0.4, -0.2) is 18.0 Å². The number of hydrogen-bond donors (Lipinski definition) is 1. The van der Waals surface area contributed by atoms with E-state index in [1.54, 1.807) is 13.2 Å². The van der Waals surface area contributed by atoms with Crippen LogP contribution in [0.2, 0.25) is 0 Å². The number of phenolic OH excluding ortho intramolecular Hbond substituents is 1. The highest BCUT2D eigenvalue weighted by molar-refractivity contribution is 5.97. The maximum Gasteiger partial charge on any atom is 0.163 e. The molecule has 0 aliphatic carbocycles. The second kappa shape index (κ2) is 4.13. The van der Waals surface area contributed by atoms with Crippen molar-refractivity contribution in [2.75, 3.05) is 7.11 Å². The van der Waals surface area contributed by atoms with Gasteiger partial charge in [-0.15, -0.1) is 0 Å². The van der Waals surface area contributed by atoms with Gasteiger partial charge in [-0.3, -0.25) is 4.79 Å². The molecule has 0 saturated heterocycles. The fourth-order valence-electron chi connectivity index (χ4n) is 1.36. The lowest BCUT2D eigenvalue weighted by Crippen LogP contribution is -1.97. The number of benzene rings is 1. The molecule has 14 heavy (non-hydrogen) atoms. The predicted molar refractivity (Wildman–Crippen MR) is 54.0 cm³/mol. The summed E-state index contributed by atoms with van der Waals surface area (Å²) in [5.74, 6) is 0.460. The van der Waals surface area contributed by atoms with Crippen LogP contribution in [0, 0.1) is 0 Å². The summed E-state index contributed by atoms with van der Waals surface area (Å²) in [5.41, 5.74) is 1.28. The van der Waals surface area contributed by atoms with E-state index in [0.29, 0.717) is 11.3 Å². The van der Waals surface area contributed by atoms with Crippen LogP contribution >= 0.6 is 0 Å². The third kappa shape index (κ3) is 1.87. The highest BCUT2D eigenvalue weighted by Gasteiger charge is 2.11. The molecule has 1 rings (SSSR count). The van der Waals surface area contributed by atoms with Crippen molar-refractivity contribution in [2.45, 2.75) is 20.3 Å². The van der Waals surface area contributed by atoms with Crippen molar-refractivity contribution in [3.8, 4) is 11.5 Å². The van der Waals surface area contributed by atoms with Gasteiger partial charge in [0.15, 0.2) is 5.78 Å². The number of Topliss-reactive ketones (excluding diaryl/α,β-unsaturated/α-hetero) is 1. The minimum atomic E-state index is -0.139. The summed E-state index contributed by atoms with van der Waals surface area (Å²) in [5, 5.41) is 9.51. The molecule has 0 fully saturated rings. The molecule has 0 radical (unpaired) electrons. The number of phenols is 1. The van der Waals surface area contributed by atoms with Crippen molar-refractivity contribution in [3.63, 3.8) is 0 Å². The molecule has 1 N–H and O–H groups in total. The van der Waals surface area contributed by atoms with E-state index in [2.05, 4.69) is 0 Å². The van der Waals surface area contributed by atoms with Crippen LogP contribution < -0.4 is 4.74 Å². The summed E-state index contributed by atoms with van der Waals surface area (Å²) >= 11 is 0. The second-order valence-corrected chi connectivity index (χ2v) is 3.09. The lowest BCUT2D eigenvalue weighted by atomic mass is 10.0. The quantitative estimate of drug-likeness (QED) is 0.750. The second-order valence-electron chi connectivity index (χ2n) is 3.09. The van der Waals surface area contributed by atoms with Crippen molar-refractivity contribution in [3.05, 3.63) is 23.3 Å². The molecular formula is C11H14O3. The summed E-state index contributed by atoms with van der Waals surface area (Å²) in [6.45, 7) is 3.40. The Morgan fingerprint density at radius 2 is 2.14 bits per heavy atom. The monoisotopic (exact) mass is 194 g/mol. The van der Waals surface area contributed by atoms with E-state index in [1.807, 2.05) is 6.92 Å². The first kappa shape index (κ1) is 10.6. The third-order valence-corrected chi connectivity index (χ3v) is 2.16. The molecule has 0 aliphatic heterocycles. The predicted octanol–water partition coefficient (Wildman–Crippen LogP) is 2.17. The zero-order valence-corrected chi connectivity index (χ0v) is 8.63. The van der Waals surface area contributed by atoms with Gasteiger partial charge < -0.3 is 9.84 Å². The normalized spacial score (nSPS) is 9.93. The number of aryl methyl sites for hydroxylation is 1. The van der Waals surface area contributed by atoms with E-state index in [1.165, 1.54) is 13.0 Å². The van der Waals surface area contributed by atoms with E-state index in [0.717, 1.165) is 12.0 Å². The largest absolute Gasteiger partial charge is 0.507 e. The highest BCUT2D eigenvalue weighted by Crippen LogP contribution is 2.28. The molecule has 0 spiro atoms. The topological polar surface area (TPSA) is 46.5 Å². The van der Waals surface area contributed by atoms with E-state index >= 15 is 0 Å². The van der Waals surface area contributed by atoms with E-state index in [4.69, 9.17) is 4.74 Å². The zero-order valence-electron chi connectivity index (χ0n) is 8.63. The summed E-state index contributed by atoms with van der Waals surface area (Å²) in [4.78, 5) is 11.1. The molecule has 3 heteroatoms. The first-order valence-corrected chi connectivity index (χ1v) is 4.51. The molecule has 0 amide bonds. The number of hydrogen-bond acceptors (Lipinski definition) is 3. The molecule has 76 valence electrons. The van der Waals surface area contributed by atoms with Gasteiger partial charge in [0.25, 0.3) is 0 Å². The SMILES string of the molecule is CCc1cc(C(C)=O)c(O)cc1OC. The molecule has 3 nitrogen and oxygen atoms in total. The number of aromatic hydroxyl groups is 1. The van der Waals surface area contributed by atoms with E-state index in [-0.39, 0.29) is 11.5 Å². The number of methoxy groups -OCH3 is 1. The molecule has 0 unspecified atom stereocenters. The van der Waals surface area contributed by atoms with Gasteiger partial charge in [0.2, 0.25) is 0 Å². The molecule has 0 aromatic heterocycles. The fourth-order valence-corrected chi connectivity index (χ4v) is 1.36. The van der Waals surface area contributed by atoms with Gasteiger partial charge in [0.1, 0.15) is 11.5 Å². The summed E-state index contributed by atoms with van der Waals surface area (Å²) in [6.07, 6.45) is 0.768. The Labute approximate surface area is 83.3 Å². The highest BCUT2D eigenvalue weighted by atomic mass is 16.5. The lowest BCUT2D eigenvalue weighted by Gasteiger charge is -2.09. The van der Waals surface area contributed by atoms with Gasteiger partial charge in [-0.05, 0) is 25.0 Å². The van der Waals surface area contributed by atoms with Gasteiger partial charge in [0.05, 0.1) is 12.7 Å². The van der Waals surface area contributed by atoms with Crippen LogP contribution in [0.15, 0.2) is 12.1 Å².